The second kappa shape index (κ2) is 4.83. The smallest absolute Gasteiger partial charge is 0.259 e. The molecule has 0 atom stereocenters. The van der Waals surface area contributed by atoms with Crippen molar-refractivity contribution in [2.45, 2.75) is 6.92 Å². The van der Waals surface area contributed by atoms with E-state index in [0.717, 1.165) is 11.6 Å². The molecule has 4 nitrogen and oxygen atoms in total. The summed E-state index contributed by atoms with van der Waals surface area (Å²) in [6.07, 6.45) is 1.62. The van der Waals surface area contributed by atoms with Crippen molar-refractivity contribution in [3.05, 3.63) is 53.5 Å². The molecule has 0 aliphatic heterocycles. The lowest BCUT2D eigenvalue weighted by Gasteiger charge is -2.06. The van der Waals surface area contributed by atoms with E-state index >= 15 is 0 Å². The molecule has 18 heavy (non-hydrogen) atoms. The molecule has 0 saturated carbocycles. The minimum atomic E-state index is -0.617. The zero-order valence-corrected chi connectivity index (χ0v) is 9.77. The highest BCUT2D eigenvalue weighted by atomic mass is 19.1. The summed E-state index contributed by atoms with van der Waals surface area (Å²) in [5.41, 5.74) is 6.72. The van der Waals surface area contributed by atoms with Crippen LogP contribution in [0, 0.1) is 12.7 Å². The number of pyridine rings is 1. The maximum atomic E-state index is 13.5. The molecule has 0 bridgehead atoms. The Morgan fingerprint density at radius 2 is 2.11 bits per heavy atom. The van der Waals surface area contributed by atoms with Gasteiger partial charge in [0.15, 0.2) is 0 Å². The van der Waals surface area contributed by atoms with Crippen LogP contribution in [0.15, 0.2) is 36.5 Å². The van der Waals surface area contributed by atoms with E-state index < -0.39 is 11.7 Å². The number of rotatable bonds is 2. The van der Waals surface area contributed by atoms with Crippen LogP contribution in [0.4, 0.5) is 15.9 Å². The topological polar surface area (TPSA) is 68.0 Å². The molecule has 0 unspecified atom stereocenters. The highest BCUT2D eigenvalue weighted by Crippen LogP contribution is 2.14. The average Bonchev–Trinajstić information content (AvgIpc) is 2.35. The average molecular weight is 245 g/mol. The number of nitrogens with one attached hydrogen (secondary N) is 1. The molecule has 5 heteroatoms. The van der Waals surface area contributed by atoms with Crippen LogP contribution >= 0.6 is 0 Å². The molecule has 1 aromatic heterocycles. The van der Waals surface area contributed by atoms with Crippen LogP contribution in [0.2, 0.25) is 0 Å². The number of hydrogen-bond donors (Lipinski definition) is 2. The Morgan fingerprint density at radius 3 is 2.78 bits per heavy atom. The third-order valence-electron chi connectivity index (χ3n) is 2.39. The first-order valence-electron chi connectivity index (χ1n) is 5.35. The molecule has 92 valence electrons. The number of anilines is 2. The van der Waals surface area contributed by atoms with Gasteiger partial charge in [0, 0.05) is 11.9 Å². The van der Waals surface area contributed by atoms with Gasteiger partial charge in [-0.1, -0.05) is 6.07 Å². The Kier molecular flexibility index (Phi) is 3.23. The Balaban J connectivity index is 2.21. The number of amides is 1. The molecule has 1 amide bonds. The van der Waals surface area contributed by atoms with Gasteiger partial charge in [0.1, 0.15) is 11.6 Å². The lowest BCUT2D eigenvalue weighted by Crippen LogP contribution is -2.15. The molecule has 2 aromatic rings. The lowest BCUT2D eigenvalue weighted by molar-refractivity contribution is 0.102. The number of carbonyl (C=O) groups excluding carboxylic acids is 1. The number of nitrogen functional groups attached to an aromatic ring is 1. The fourth-order valence-electron chi connectivity index (χ4n) is 1.44. The largest absolute Gasteiger partial charge is 0.399 e. The van der Waals surface area contributed by atoms with Gasteiger partial charge < -0.3 is 11.1 Å². The van der Waals surface area contributed by atoms with Crippen molar-refractivity contribution in [3.8, 4) is 0 Å². The van der Waals surface area contributed by atoms with E-state index in [1.165, 1.54) is 12.1 Å². The fraction of sp³-hybridized carbons (Fsp3) is 0.0769. The van der Waals surface area contributed by atoms with E-state index in [2.05, 4.69) is 10.3 Å². The highest BCUT2D eigenvalue weighted by molar-refractivity contribution is 6.04. The number of benzene rings is 1. The molecule has 1 heterocycles. The first-order valence-corrected chi connectivity index (χ1v) is 5.35. The summed E-state index contributed by atoms with van der Waals surface area (Å²) in [4.78, 5) is 15.8. The van der Waals surface area contributed by atoms with Crippen molar-refractivity contribution in [3.63, 3.8) is 0 Å². The van der Waals surface area contributed by atoms with Crippen molar-refractivity contribution >= 4 is 17.4 Å². The third-order valence-corrected chi connectivity index (χ3v) is 2.39. The van der Waals surface area contributed by atoms with Gasteiger partial charge in [-0.05, 0) is 36.8 Å². The summed E-state index contributed by atoms with van der Waals surface area (Å²) in [5.74, 6) is -0.822. The van der Waals surface area contributed by atoms with E-state index in [9.17, 15) is 9.18 Å². The molecule has 3 N–H and O–H groups in total. The van der Waals surface area contributed by atoms with E-state index in [1.807, 2.05) is 6.92 Å². The SMILES string of the molecule is Cc1ccc(NC(=O)c2cc(N)ccc2F)nc1. The molecule has 0 saturated heterocycles. The van der Waals surface area contributed by atoms with Gasteiger partial charge in [-0.2, -0.15) is 0 Å². The zero-order valence-electron chi connectivity index (χ0n) is 9.77. The second-order valence-electron chi connectivity index (χ2n) is 3.91. The molecular weight excluding hydrogens is 233 g/mol. The molecule has 2 rings (SSSR count). The number of hydrogen-bond acceptors (Lipinski definition) is 3. The van der Waals surface area contributed by atoms with Gasteiger partial charge in [-0.15, -0.1) is 0 Å². The maximum Gasteiger partial charge on any atom is 0.259 e. The van der Waals surface area contributed by atoms with Gasteiger partial charge in [-0.3, -0.25) is 4.79 Å². The monoisotopic (exact) mass is 245 g/mol. The Labute approximate surface area is 104 Å². The normalized spacial score (nSPS) is 10.1. The number of aryl methyl sites for hydroxylation is 1. The molecule has 0 spiro atoms. The lowest BCUT2D eigenvalue weighted by atomic mass is 10.1. The number of nitrogens with zero attached hydrogens (tertiary/aromatic N) is 1. The zero-order chi connectivity index (χ0) is 13.1. The standard InChI is InChI=1S/C13H12FN3O/c1-8-2-5-12(16-7-8)17-13(18)10-6-9(15)3-4-11(10)14/h2-7H,15H2,1H3,(H,16,17,18). The number of halogens is 1. The van der Waals surface area contributed by atoms with E-state index in [4.69, 9.17) is 5.73 Å². The number of nitrogens with two attached hydrogens (primary N) is 1. The van der Waals surface area contributed by atoms with Crippen LogP contribution in [0.5, 0.6) is 0 Å². The molecule has 0 radical (unpaired) electrons. The molecule has 0 fully saturated rings. The van der Waals surface area contributed by atoms with Crippen LogP contribution < -0.4 is 11.1 Å². The number of carbonyl (C=O) groups is 1. The summed E-state index contributed by atoms with van der Waals surface area (Å²) in [7, 11) is 0. The summed E-state index contributed by atoms with van der Waals surface area (Å²) >= 11 is 0. The fourth-order valence-corrected chi connectivity index (χ4v) is 1.44. The van der Waals surface area contributed by atoms with Crippen LogP contribution in [-0.4, -0.2) is 10.9 Å². The van der Waals surface area contributed by atoms with Gasteiger partial charge >= 0.3 is 0 Å². The summed E-state index contributed by atoms with van der Waals surface area (Å²) in [5, 5.41) is 2.51. The van der Waals surface area contributed by atoms with Gasteiger partial charge in [0.05, 0.1) is 5.56 Å². The van der Waals surface area contributed by atoms with Crippen molar-refractivity contribution in [2.24, 2.45) is 0 Å². The van der Waals surface area contributed by atoms with Crippen molar-refractivity contribution in [1.82, 2.24) is 4.98 Å². The summed E-state index contributed by atoms with van der Waals surface area (Å²) in [6, 6.07) is 7.30. The van der Waals surface area contributed by atoms with Crippen LogP contribution in [0.25, 0.3) is 0 Å². The molecule has 1 aromatic carbocycles. The van der Waals surface area contributed by atoms with Gasteiger partial charge in [-0.25, -0.2) is 9.37 Å². The highest BCUT2D eigenvalue weighted by Gasteiger charge is 2.12. The first kappa shape index (κ1) is 12.0. The third kappa shape index (κ3) is 2.63. The van der Waals surface area contributed by atoms with Crippen LogP contribution in [0.3, 0.4) is 0 Å². The minimum absolute atomic E-state index is 0.0997. The summed E-state index contributed by atoms with van der Waals surface area (Å²) < 4.78 is 13.5. The Morgan fingerprint density at radius 1 is 1.33 bits per heavy atom. The molecule has 0 aliphatic rings. The second-order valence-corrected chi connectivity index (χ2v) is 3.91. The van der Waals surface area contributed by atoms with E-state index in [-0.39, 0.29) is 5.56 Å². The van der Waals surface area contributed by atoms with Crippen molar-refractivity contribution in [1.29, 1.82) is 0 Å². The first-order chi connectivity index (χ1) is 8.56. The Bertz CT molecular complexity index is 581. The van der Waals surface area contributed by atoms with Crippen molar-refractivity contribution < 1.29 is 9.18 Å². The quantitative estimate of drug-likeness (QED) is 0.798. The predicted octanol–water partition coefficient (Wildman–Crippen LogP) is 2.36. The number of aromatic nitrogens is 1. The molecule has 0 aliphatic carbocycles. The maximum absolute atomic E-state index is 13.5. The van der Waals surface area contributed by atoms with Gasteiger partial charge in [0.25, 0.3) is 5.91 Å². The van der Waals surface area contributed by atoms with Crippen LogP contribution in [0.1, 0.15) is 15.9 Å². The summed E-state index contributed by atoms with van der Waals surface area (Å²) in [6.45, 7) is 1.89. The van der Waals surface area contributed by atoms with Gasteiger partial charge in [0.2, 0.25) is 0 Å². The van der Waals surface area contributed by atoms with Crippen molar-refractivity contribution in [2.75, 3.05) is 11.1 Å². The Hall–Kier alpha value is -2.43. The van der Waals surface area contributed by atoms with E-state index in [0.29, 0.717) is 11.5 Å². The van der Waals surface area contributed by atoms with E-state index in [1.54, 1.807) is 18.3 Å². The minimum Gasteiger partial charge on any atom is -0.399 e. The van der Waals surface area contributed by atoms with Crippen LogP contribution in [-0.2, 0) is 0 Å². The predicted molar refractivity (Wildman–Crippen MR) is 67.7 cm³/mol. The molecular formula is C13H12FN3O.